The van der Waals surface area contributed by atoms with E-state index in [4.69, 9.17) is 5.73 Å². The summed E-state index contributed by atoms with van der Waals surface area (Å²) in [6.07, 6.45) is 8.35. The summed E-state index contributed by atoms with van der Waals surface area (Å²) in [6, 6.07) is 1.51. The van der Waals surface area contributed by atoms with Crippen LogP contribution in [0.5, 0.6) is 0 Å². The van der Waals surface area contributed by atoms with Crippen molar-refractivity contribution in [3.63, 3.8) is 0 Å². The van der Waals surface area contributed by atoms with E-state index in [-0.39, 0.29) is 35.2 Å². The molecule has 2 amide bonds. The molecule has 1 aliphatic heterocycles. The monoisotopic (exact) mass is 375 g/mol. The van der Waals surface area contributed by atoms with E-state index in [9.17, 15) is 14.4 Å². The molecule has 4 N–H and O–H groups in total. The summed E-state index contributed by atoms with van der Waals surface area (Å²) in [6.45, 7) is 0.891. The number of aromatic nitrogens is 2. The number of nitrogens with two attached hydrogens (primary N) is 1. The molecule has 1 saturated heterocycles. The Kier molecular flexibility index (Phi) is 6.47. The Morgan fingerprint density at radius 1 is 1.22 bits per heavy atom. The van der Waals surface area contributed by atoms with E-state index in [1.165, 1.54) is 18.9 Å². The van der Waals surface area contributed by atoms with Crippen molar-refractivity contribution >= 4 is 17.6 Å². The molecule has 2 heterocycles. The zero-order valence-electron chi connectivity index (χ0n) is 15.7. The number of carbonyl (C=O) groups excluding carboxylic acids is 2. The van der Waals surface area contributed by atoms with Crippen molar-refractivity contribution in [3.8, 4) is 0 Å². The van der Waals surface area contributed by atoms with Crippen molar-refractivity contribution in [2.45, 2.75) is 63.8 Å². The highest BCUT2D eigenvalue weighted by Crippen LogP contribution is 2.27. The second-order valence-corrected chi connectivity index (χ2v) is 7.59. The van der Waals surface area contributed by atoms with Crippen LogP contribution in [0.2, 0.25) is 0 Å². The number of H-pyrrole nitrogens is 1. The van der Waals surface area contributed by atoms with E-state index in [1.807, 2.05) is 4.90 Å². The number of nitrogen functional groups attached to an aromatic ring is 1. The molecule has 0 spiro atoms. The Hall–Kier alpha value is -2.38. The van der Waals surface area contributed by atoms with Crippen molar-refractivity contribution in [2.24, 2.45) is 5.92 Å². The van der Waals surface area contributed by atoms with E-state index in [0.717, 1.165) is 25.7 Å². The number of piperidine rings is 1. The fourth-order valence-corrected chi connectivity index (χ4v) is 4.10. The van der Waals surface area contributed by atoms with E-state index in [2.05, 4.69) is 15.3 Å². The maximum Gasteiger partial charge on any atom is 0.252 e. The van der Waals surface area contributed by atoms with Crippen LogP contribution in [0, 0.1) is 5.92 Å². The normalized spacial score (nSPS) is 21.7. The minimum Gasteiger partial charge on any atom is -0.383 e. The van der Waals surface area contributed by atoms with Gasteiger partial charge in [0.1, 0.15) is 11.6 Å². The van der Waals surface area contributed by atoms with E-state index >= 15 is 0 Å². The van der Waals surface area contributed by atoms with Crippen molar-refractivity contribution in [3.05, 3.63) is 22.2 Å². The molecular weight excluding hydrogens is 346 g/mol. The Bertz CT molecular complexity index is 724. The average Bonchev–Trinajstić information content (AvgIpc) is 2.90. The number of amides is 2. The minimum atomic E-state index is -0.298. The molecule has 1 saturated carbocycles. The van der Waals surface area contributed by atoms with Crippen LogP contribution in [0.4, 0.5) is 5.82 Å². The third-order valence-electron chi connectivity index (χ3n) is 5.55. The van der Waals surface area contributed by atoms with Gasteiger partial charge < -0.3 is 20.9 Å². The van der Waals surface area contributed by atoms with Crippen LogP contribution in [0.15, 0.2) is 10.9 Å². The van der Waals surface area contributed by atoms with Gasteiger partial charge in [-0.1, -0.05) is 25.7 Å². The summed E-state index contributed by atoms with van der Waals surface area (Å²) in [5.41, 5.74) is 5.26. The van der Waals surface area contributed by atoms with Crippen LogP contribution in [0.1, 0.15) is 57.2 Å². The number of nitrogens with zero attached hydrogens (tertiary/aromatic N) is 2. The summed E-state index contributed by atoms with van der Waals surface area (Å²) < 4.78 is 0. The molecule has 2 aliphatic rings. The third-order valence-corrected chi connectivity index (χ3v) is 5.55. The fraction of sp³-hybridized carbons (Fsp3) is 0.684. The summed E-state index contributed by atoms with van der Waals surface area (Å²) >= 11 is 0. The highest BCUT2D eigenvalue weighted by atomic mass is 16.2. The first-order valence-electron chi connectivity index (χ1n) is 9.96. The molecule has 3 rings (SSSR count). The van der Waals surface area contributed by atoms with Gasteiger partial charge in [-0.15, -0.1) is 0 Å². The van der Waals surface area contributed by atoms with Gasteiger partial charge in [0.15, 0.2) is 0 Å². The first-order chi connectivity index (χ1) is 13.0. The van der Waals surface area contributed by atoms with Gasteiger partial charge in [-0.25, -0.2) is 4.98 Å². The quantitative estimate of drug-likeness (QED) is 0.662. The number of anilines is 1. The van der Waals surface area contributed by atoms with Gasteiger partial charge in [-0.3, -0.25) is 14.4 Å². The standard InChI is InChI=1S/C19H29N5O3/c20-15-11-17(25)23-16(22-15)9-10-21-19(27)13-7-8-18(26)24(12-13)14-5-3-1-2-4-6-14/h11,13-14H,1-10,12H2,(H,21,27)(H3,20,22,23,25). The third kappa shape index (κ3) is 5.30. The van der Waals surface area contributed by atoms with Gasteiger partial charge >= 0.3 is 0 Å². The molecule has 8 nitrogen and oxygen atoms in total. The molecule has 2 fully saturated rings. The second-order valence-electron chi connectivity index (χ2n) is 7.59. The van der Waals surface area contributed by atoms with Crippen LogP contribution in [-0.2, 0) is 16.0 Å². The van der Waals surface area contributed by atoms with Crippen LogP contribution < -0.4 is 16.6 Å². The van der Waals surface area contributed by atoms with Gasteiger partial charge in [0.05, 0.1) is 5.92 Å². The number of likely N-dealkylation sites (tertiary alicyclic amines) is 1. The summed E-state index contributed by atoms with van der Waals surface area (Å²) in [4.78, 5) is 45.0. The Labute approximate surface area is 158 Å². The first-order valence-corrected chi connectivity index (χ1v) is 9.96. The molecule has 1 aromatic heterocycles. The smallest absolute Gasteiger partial charge is 0.252 e. The molecule has 0 aromatic carbocycles. The van der Waals surface area contributed by atoms with E-state index in [0.29, 0.717) is 38.2 Å². The summed E-state index contributed by atoms with van der Waals surface area (Å²) in [5.74, 6) is 0.614. The largest absolute Gasteiger partial charge is 0.383 e. The lowest BCUT2D eigenvalue weighted by Crippen LogP contribution is -2.50. The predicted octanol–water partition coefficient (Wildman–Crippen LogP) is 0.972. The number of hydrogen-bond acceptors (Lipinski definition) is 5. The zero-order chi connectivity index (χ0) is 19.2. The second kappa shape index (κ2) is 9.01. The van der Waals surface area contributed by atoms with Gasteiger partial charge in [-0.2, -0.15) is 0 Å². The Balaban J connectivity index is 1.51. The average molecular weight is 375 g/mol. The molecule has 1 unspecified atom stereocenters. The van der Waals surface area contributed by atoms with E-state index < -0.39 is 0 Å². The highest BCUT2D eigenvalue weighted by Gasteiger charge is 2.34. The number of rotatable bonds is 5. The minimum absolute atomic E-state index is 0.0348. The van der Waals surface area contributed by atoms with E-state index in [1.54, 1.807) is 0 Å². The molecule has 1 aromatic rings. The lowest BCUT2D eigenvalue weighted by molar-refractivity contribution is -0.141. The molecule has 8 heteroatoms. The maximum absolute atomic E-state index is 12.6. The lowest BCUT2D eigenvalue weighted by atomic mass is 9.93. The Morgan fingerprint density at radius 3 is 2.67 bits per heavy atom. The number of aromatic amines is 1. The molecular formula is C19H29N5O3. The molecule has 27 heavy (non-hydrogen) atoms. The molecule has 1 aliphatic carbocycles. The van der Waals surface area contributed by atoms with Gasteiger partial charge in [0.25, 0.3) is 5.56 Å². The fourth-order valence-electron chi connectivity index (χ4n) is 4.10. The molecule has 0 bridgehead atoms. The molecule has 1 atom stereocenters. The lowest BCUT2D eigenvalue weighted by Gasteiger charge is -2.37. The van der Waals surface area contributed by atoms with Gasteiger partial charge in [0.2, 0.25) is 11.8 Å². The number of nitrogens with one attached hydrogen (secondary N) is 2. The van der Waals surface area contributed by atoms with Gasteiger partial charge in [0, 0.05) is 38.0 Å². The van der Waals surface area contributed by atoms with Crippen molar-refractivity contribution in [1.82, 2.24) is 20.2 Å². The topological polar surface area (TPSA) is 121 Å². The number of hydrogen-bond donors (Lipinski definition) is 3. The highest BCUT2D eigenvalue weighted by molar-refractivity contribution is 5.84. The number of carbonyl (C=O) groups is 2. The van der Waals surface area contributed by atoms with Crippen LogP contribution >= 0.6 is 0 Å². The van der Waals surface area contributed by atoms with Crippen molar-refractivity contribution < 1.29 is 9.59 Å². The van der Waals surface area contributed by atoms with Crippen molar-refractivity contribution in [1.29, 1.82) is 0 Å². The predicted molar refractivity (Wildman–Crippen MR) is 102 cm³/mol. The first kappa shape index (κ1) is 19.4. The molecule has 0 radical (unpaired) electrons. The summed E-state index contributed by atoms with van der Waals surface area (Å²) in [5, 5.41) is 2.91. The summed E-state index contributed by atoms with van der Waals surface area (Å²) in [7, 11) is 0. The van der Waals surface area contributed by atoms with Gasteiger partial charge in [-0.05, 0) is 19.3 Å². The van der Waals surface area contributed by atoms with Crippen LogP contribution in [0.25, 0.3) is 0 Å². The Morgan fingerprint density at radius 2 is 1.96 bits per heavy atom. The van der Waals surface area contributed by atoms with Crippen molar-refractivity contribution in [2.75, 3.05) is 18.8 Å². The zero-order valence-corrected chi connectivity index (χ0v) is 15.7. The van der Waals surface area contributed by atoms with Crippen LogP contribution in [0.3, 0.4) is 0 Å². The van der Waals surface area contributed by atoms with Crippen LogP contribution in [-0.4, -0.2) is 45.8 Å². The SMILES string of the molecule is Nc1cc(=O)[nH]c(CCNC(=O)C2CCC(=O)N(C3CCCCCC3)C2)n1. The molecule has 148 valence electrons. The maximum atomic E-state index is 12.6.